The van der Waals surface area contributed by atoms with Crippen LogP contribution in [-0.2, 0) is 16.1 Å². The van der Waals surface area contributed by atoms with E-state index in [-0.39, 0.29) is 29.4 Å². The van der Waals surface area contributed by atoms with Gasteiger partial charge in [0.2, 0.25) is 0 Å². The molecular weight excluding hydrogens is 416 g/mol. The van der Waals surface area contributed by atoms with Gasteiger partial charge in [0.25, 0.3) is 5.91 Å². The smallest absolute Gasteiger partial charge is 0.260 e. The van der Waals surface area contributed by atoms with Crippen molar-refractivity contribution in [1.29, 1.82) is 0 Å². The normalized spacial score (nSPS) is 38.8. The Labute approximate surface area is 196 Å². The molecule has 1 amide bonds. The SMILES string of the molecule is C[C@]12CC[C@@H]3[C@H](CCC4=C/C(=N/OCC(=O)NCCc5cnc[nH]5)CC[C@@]43C)[C@H]1CC[C@H]2O. The first-order valence-corrected chi connectivity index (χ1v) is 12.7. The zero-order valence-electron chi connectivity index (χ0n) is 20.0. The van der Waals surface area contributed by atoms with Crippen molar-refractivity contribution in [2.75, 3.05) is 13.2 Å². The average molecular weight is 455 g/mol. The third-order valence-corrected chi connectivity index (χ3v) is 9.58. The van der Waals surface area contributed by atoms with Crippen LogP contribution in [0.5, 0.6) is 0 Å². The summed E-state index contributed by atoms with van der Waals surface area (Å²) in [5.74, 6) is 1.97. The molecule has 3 N–H and O–H groups in total. The van der Waals surface area contributed by atoms with Gasteiger partial charge in [-0.3, -0.25) is 4.79 Å². The van der Waals surface area contributed by atoms with Gasteiger partial charge in [0.15, 0.2) is 6.61 Å². The Bertz CT molecular complexity index is 926. The summed E-state index contributed by atoms with van der Waals surface area (Å²) in [6, 6.07) is 0. The van der Waals surface area contributed by atoms with E-state index in [1.807, 2.05) is 0 Å². The molecule has 0 unspecified atom stereocenters. The maximum atomic E-state index is 12.0. The molecule has 0 saturated heterocycles. The number of hydrogen-bond donors (Lipinski definition) is 3. The lowest BCUT2D eigenvalue weighted by molar-refractivity contribution is -0.125. The van der Waals surface area contributed by atoms with Crippen molar-refractivity contribution in [1.82, 2.24) is 15.3 Å². The number of nitrogens with zero attached hydrogens (tertiary/aromatic N) is 2. The van der Waals surface area contributed by atoms with Crippen LogP contribution in [0.15, 0.2) is 29.3 Å². The molecule has 0 bridgehead atoms. The van der Waals surface area contributed by atoms with Gasteiger partial charge in [0.1, 0.15) is 0 Å². The van der Waals surface area contributed by atoms with Gasteiger partial charge < -0.3 is 20.2 Å². The number of aliphatic hydroxyl groups excluding tert-OH is 1. The number of aromatic amines is 1. The first-order valence-electron chi connectivity index (χ1n) is 12.7. The molecule has 33 heavy (non-hydrogen) atoms. The molecule has 7 heteroatoms. The number of hydrogen-bond acceptors (Lipinski definition) is 5. The van der Waals surface area contributed by atoms with Gasteiger partial charge in [0.05, 0.1) is 18.1 Å². The Kier molecular flexibility index (Phi) is 6.10. The lowest BCUT2D eigenvalue weighted by atomic mass is 9.47. The van der Waals surface area contributed by atoms with Crippen LogP contribution < -0.4 is 5.32 Å². The number of H-pyrrole nitrogens is 1. The number of rotatable bonds is 6. The highest BCUT2D eigenvalue weighted by molar-refractivity contribution is 5.96. The van der Waals surface area contributed by atoms with Gasteiger partial charge in [0, 0.05) is 24.9 Å². The molecule has 0 spiro atoms. The molecule has 7 nitrogen and oxygen atoms in total. The maximum Gasteiger partial charge on any atom is 0.260 e. The summed E-state index contributed by atoms with van der Waals surface area (Å²) < 4.78 is 0. The molecule has 4 aliphatic carbocycles. The molecule has 0 aliphatic heterocycles. The van der Waals surface area contributed by atoms with Gasteiger partial charge in [-0.05, 0) is 86.0 Å². The van der Waals surface area contributed by atoms with Crippen molar-refractivity contribution in [3.05, 3.63) is 29.9 Å². The molecule has 6 atom stereocenters. The summed E-state index contributed by atoms with van der Waals surface area (Å²) >= 11 is 0. The monoisotopic (exact) mass is 454 g/mol. The number of nitrogens with one attached hydrogen (secondary N) is 2. The summed E-state index contributed by atoms with van der Waals surface area (Å²) in [6.07, 6.45) is 15.2. The molecule has 1 aromatic heterocycles. The Morgan fingerprint density at radius 2 is 2.12 bits per heavy atom. The molecule has 0 aromatic carbocycles. The fourth-order valence-electron chi connectivity index (χ4n) is 7.60. The number of carbonyl (C=O) groups is 1. The number of amides is 1. The summed E-state index contributed by atoms with van der Waals surface area (Å²) in [6.45, 7) is 5.30. The lowest BCUT2D eigenvalue weighted by Gasteiger charge is -2.57. The minimum Gasteiger partial charge on any atom is -0.393 e. The number of oxime groups is 1. The summed E-state index contributed by atoms with van der Waals surface area (Å²) in [5.41, 5.74) is 3.84. The number of carbonyl (C=O) groups excluding carboxylic acids is 1. The van der Waals surface area contributed by atoms with Gasteiger partial charge in [-0.15, -0.1) is 0 Å². The number of allylic oxidation sites excluding steroid dienone is 2. The third kappa shape index (κ3) is 4.13. The largest absolute Gasteiger partial charge is 0.393 e. The van der Waals surface area contributed by atoms with Crippen LogP contribution in [0, 0.1) is 28.6 Å². The Balaban J connectivity index is 1.16. The van der Waals surface area contributed by atoms with Gasteiger partial charge in [-0.2, -0.15) is 0 Å². The lowest BCUT2D eigenvalue weighted by Crippen LogP contribution is -2.51. The predicted octanol–water partition coefficient (Wildman–Crippen LogP) is 3.76. The van der Waals surface area contributed by atoms with E-state index in [1.54, 1.807) is 12.5 Å². The summed E-state index contributed by atoms with van der Waals surface area (Å²) in [4.78, 5) is 24.4. The molecule has 1 aromatic rings. The fraction of sp³-hybridized carbons (Fsp3) is 0.731. The molecule has 1 heterocycles. The van der Waals surface area contributed by atoms with E-state index in [1.165, 1.54) is 24.8 Å². The average Bonchev–Trinajstić information content (AvgIpc) is 3.42. The zero-order valence-corrected chi connectivity index (χ0v) is 20.0. The van der Waals surface area contributed by atoms with Crippen LogP contribution in [0.2, 0.25) is 0 Å². The number of imidazole rings is 1. The van der Waals surface area contributed by atoms with E-state index in [4.69, 9.17) is 4.84 Å². The minimum absolute atomic E-state index is 0.0554. The molecule has 0 radical (unpaired) electrons. The second kappa shape index (κ2) is 8.90. The van der Waals surface area contributed by atoms with Gasteiger partial charge in [-0.1, -0.05) is 24.6 Å². The number of fused-ring (bicyclic) bond motifs is 5. The number of aromatic nitrogens is 2. The highest BCUT2D eigenvalue weighted by atomic mass is 16.6. The standard InChI is InChI=1S/C26H38N4O3/c1-25-10-7-18(30-33-15-24(32)28-12-9-19-14-27-16-29-19)13-17(25)3-4-20-21-5-6-23(31)26(21,2)11-8-22(20)25/h13-14,16,20-23,31H,3-12,15H2,1-2H3,(H,27,29)(H,28,32)/b30-18+/t20-,21-,22-,23-,25+,26+/m1/s1. The summed E-state index contributed by atoms with van der Waals surface area (Å²) in [7, 11) is 0. The van der Waals surface area contributed by atoms with Crippen molar-refractivity contribution < 1.29 is 14.7 Å². The van der Waals surface area contributed by atoms with E-state index < -0.39 is 0 Å². The second-order valence-corrected chi connectivity index (χ2v) is 11.2. The third-order valence-electron chi connectivity index (χ3n) is 9.58. The maximum absolute atomic E-state index is 12.0. The molecule has 180 valence electrons. The predicted molar refractivity (Wildman–Crippen MR) is 126 cm³/mol. The first-order chi connectivity index (χ1) is 15.9. The Morgan fingerprint density at radius 3 is 2.94 bits per heavy atom. The van der Waals surface area contributed by atoms with E-state index in [0.29, 0.717) is 24.8 Å². The Hall–Kier alpha value is -2.15. The molecule has 3 fully saturated rings. The topological polar surface area (TPSA) is 99.6 Å². The molecular formula is C26H38N4O3. The van der Waals surface area contributed by atoms with Crippen LogP contribution in [0.25, 0.3) is 0 Å². The van der Waals surface area contributed by atoms with Crippen molar-refractivity contribution in [2.24, 2.45) is 33.7 Å². The Morgan fingerprint density at radius 1 is 1.24 bits per heavy atom. The highest BCUT2D eigenvalue weighted by Crippen LogP contribution is 2.65. The van der Waals surface area contributed by atoms with Crippen molar-refractivity contribution in [3.63, 3.8) is 0 Å². The molecule has 3 saturated carbocycles. The van der Waals surface area contributed by atoms with Crippen LogP contribution in [0.1, 0.15) is 70.9 Å². The van der Waals surface area contributed by atoms with Crippen molar-refractivity contribution in [3.8, 4) is 0 Å². The van der Waals surface area contributed by atoms with Crippen molar-refractivity contribution in [2.45, 2.75) is 77.7 Å². The zero-order chi connectivity index (χ0) is 23.1. The van der Waals surface area contributed by atoms with Crippen LogP contribution >= 0.6 is 0 Å². The molecule has 5 rings (SSSR count). The van der Waals surface area contributed by atoms with E-state index in [2.05, 4.69) is 40.4 Å². The number of aliphatic hydroxyl groups is 1. The fourth-order valence-corrected chi connectivity index (χ4v) is 7.60. The van der Waals surface area contributed by atoms with Crippen LogP contribution in [-0.4, -0.2) is 45.9 Å². The summed E-state index contributed by atoms with van der Waals surface area (Å²) in [5, 5.41) is 17.8. The van der Waals surface area contributed by atoms with Gasteiger partial charge in [-0.25, -0.2) is 4.98 Å². The van der Waals surface area contributed by atoms with Crippen molar-refractivity contribution >= 4 is 11.6 Å². The second-order valence-electron chi connectivity index (χ2n) is 11.2. The van der Waals surface area contributed by atoms with E-state index in [9.17, 15) is 9.90 Å². The highest BCUT2D eigenvalue weighted by Gasteiger charge is 2.58. The van der Waals surface area contributed by atoms with Crippen LogP contribution in [0.4, 0.5) is 0 Å². The van der Waals surface area contributed by atoms with Crippen LogP contribution in [0.3, 0.4) is 0 Å². The van der Waals surface area contributed by atoms with Gasteiger partial charge >= 0.3 is 0 Å². The quantitative estimate of drug-likeness (QED) is 0.570. The van der Waals surface area contributed by atoms with E-state index >= 15 is 0 Å². The van der Waals surface area contributed by atoms with E-state index in [0.717, 1.165) is 49.4 Å². The molecule has 4 aliphatic rings. The first kappa shape index (κ1) is 22.6. The minimum atomic E-state index is -0.156.